The molecule has 0 saturated heterocycles. The first-order valence-electron chi connectivity index (χ1n) is 25.1. The first-order valence-corrected chi connectivity index (χ1v) is 25.1. The fourth-order valence-corrected chi connectivity index (χ4v) is 13.6. The average Bonchev–Trinajstić information content (AvgIpc) is 4.18. The maximum atomic E-state index is 2.58. The van der Waals surface area contributed by atoms with E-state index in [0.717, 1.165) is 0 Å². The van der Waals surface area contributed by atoms with Crippen LogP contribution in [0.5, 0.6) is 0 Å². The third-order valence-electron chi connectivity index (χ3n) is 16.3. The predicted molar refractivity (Wildman–Crippen MR) is 308 cm³/mol. The average molecular weight is 909 g/mol. The van der Waals surface area contributed by atoms with Gasteiger partial charge in [0.1, 0.15) is 0 Å². The van der Waals surface area contributed by atoms with Gasteiger partial charge in [-0.2, -0.15) is 0 Å². The Labute approximate surface area is 413 Å². The van der Waals surface area contributed by atoms with Gasteiger partial charge in [0, 0.05) is 43.1 Å². The van der Waals surface area contributed by atoms with Crippen molar-refractivity contribution >= 4 is 119 Å². The number of hydrogen-bond donors (Lipinski definition) is 0. The van der Waals surface area contributed by atoms with Crippen LogP contribution in [0.3, 0.4) is 0 Å². The summed E-state index contributed by atoms with van der Waals surface area (Å²) in [5.41, 5.74) is 17.7. The molecule has 0 fully saturated rings. The first-order chi connectivity index (χ1) is 35.8. The van der Waals surface area contributed by atoms with Gasteiger partial charge in [0.2, 0.25) is 0 Å². The van der Waals surface area contributed by atoms with E-state index in [2.05, 4.69) is 251 Å². The molecule has 0 unspecified atom stereocenters. The van der Waals surface area contributed by atoms with E-state index in [9.17, 15) is 0 Å². The number of aromatic nitrogens is 2. The smallest absolute Gasteiger partial charge is 0.0626 e. The van der Waals surface area contributed by atoms with Gasteiger partial charge in [0.05, 0.1) is 33.1 Å². The molecule has 17 rings (SSSR count). The van der Waals surface area contributed by atoms with E-state index in [0.29, 0.717) is 0 Å². The van der Waals surface area contributed by atoms with Gasteiger partial charge in [-0.05, 0) is 112 Å². The summed E-state index contributed by atoms with van der Waals surface area (Å²) in [6, 6.07) is 90.8. The van der Waals surface area contributed by atoms with Gasteiger partial charge < -0.3 is 8.80 Å². The van der Waals surface area contributed by atoms with Gasteiger partial charge in [-0.15, -0.1) is 0 Å². The Hall–Kier alpha value is -9.50. The Bertz CT molecular complexity index is 4690. The van der Waals surface area contributed by atoms with Gasteiger partial charge in [0.25, 0.3) is 0 Å². The summed E-state index contributed by atoms with van der Waals surface area (Å²) < 4.78 is 5.15. The molecule has 0 spiro atoms. The molecule has 4 aromatic heterocycles. The molecule has 0 saturated carbocycles. The van der Waals surface area contributed by atoms with E-state index in [4.69, 9.17) is 0 Å². The number of nitrogens with zero attached hydrogens (tertiary/aromatic N) is 2. The van der Waals surface area contributed by atoms with Gasteiger partial charge in [-0.25, -0.2) is 0 Å². The molecule has 2 heteroatoms. The van der Waals surface area contributed by atoms with E-state index < -0.39 is 0 Å². The van der Waals surface area contributed by atoms with Crippen molar-refractivity contribution in [1.29, 1.82) is 0 Å². The third kappa shape index (κ3) is 4.83. The summed E-state index contributed by atoms with van der Waals surface area (Å²) in [4.78, 5) is 0. The Morgan fingerprint density at radius 3 is 0.833 bits per heavy atom. The Kier molecular flexibility index (Phi) is 7.49. The molecule has 0 aliphatic heterocycles. The molecular formula is C70H40N2. The maximum Gasteiger partial charge on any atom is 0.0626 e. The quantitative estimate of drug-likeness (QED) is 0.156. The minimum Gasteiger partial charge on any atom is -0.308 e. The van der Waals surface area contributed by atoms with Crippen LogP contribution in [-0.4, -0.2) is 8.80 Å². The highest BCUT2D eigenvalue weighted by Gasteiger charge is 2.28. The van der Waals surface area contributed by atoms with Crippen LogP contribution in [0.15, 0.2) is 243 Å². The topological polar surface area (TPSA) is 8.82 Å². The second-order valence-electron chi connectivity index (χ2n) is 19.8. The molecule has 0 aliphatic carbocycles. The van der Waals surface area contributed by atoms with Crippen molar-refractivity contribution in [3.05, 3.63) is 243 Å². The Morgan fingerprint density at radius 1 is 0.194 bits per heavy atom. The molecule has 72 heavy (non-hydrogen) atoms. The Morgan fingerprint density at radius 2 is 0.486 bits per heavy atom. The van der Waals surface area contributed by atoms with Gasteiger partial charge in [-0.3, -0.25) is 0 Å². The molecule has 2 nitrogen and oxygen atoms in total. The summed E-state index contributed by atoms with van der Waals surface area (Å²) in [6.07, 6.45) is 0. The monoisotopic (exact) mass is 908 g/mol. The van der Waals surface area contributed by atoms with Gasteiger partial charge in [0.15, 0.2) is 0 Å². The summed E-state index contributed by atoms with van der Waals surface area (Å²) in [5.74, 6) is 0. The van der Waals surface area contributed by atoms with E-state index in [-0.39, 0.29) is 0 Å². The molecule has 0 bridgehead atoms. The summed E-state index contributed by atoms with van der Waals surface area (Å²) >= 11 is 0. The molecule has 0 amide bonds. The van der Waals surface area contributed by atoms with Crippen LogP contribution >= 0.6 is 0 Å². The number of hydrogen-bond acceptors (Lipinski definition) is 0. The lowest BCUT2D eigenvalue weighted by Gasteiger charge is -2.18. The lowest BCUT2D eigenvalue weighted by atomic mass is 9.84. The van der Waals surface area contributed by atoms with Crippen LogP contribution in [0.1, 0.15) is 0 Å². The molecule has 0 atom stereocenters. The number of fused-ring (bicyclic) bond motifs is 16. The third-order valence-corrected chi connectivity index (χ3v) is 16.3. The van der Waals surface area contributed by atoms with E-state index >= 15 is 0 Å². The van der Waals surface area contributed by atoms with Crippen LogP contribution in [0, 0.1) is 0 Å². The van der Waals surface area contributed by atoms with Crippen LogP contribution < -0.4 is 0 Å². The van der Waals surface area contributed by atoms with Crippen LogP contribution in [0.2, 0.25) is 0 Å². The minimum atomic E-state index is 1.23. The van der Waals surface area contributed by atoms with Crippen LogP contribution in [0.4, 0.5) is 0 Å². The zero-order valence-electron chi connectivity index (χ0n) is 39.0. The van der Waals surface area contributed by atoms with Crippen molar-refractivity contribution in [2.24, 2.45) is 0 Å². The Balaban J connectivity index is 0.974. The molecule has 0 aliphatic rings. The lowest BCUT2D eigenvalue weighted by molar-refractivity contribution is 1.36. The number of para-hydroxylation sites is 2. The first kappa shape index (κ1) is 38.4. The minimum absolute atomic E-state index is 1.23. The lowest BCUT2D eigenvalue weighted by Crippen LogP contribution is -1.91. The molecule has 13 aromatic carbocycles. The fraction of sp³-hybridized carbons (Fsp3) is 0. The van der Waals surface area contributed by atoms with Crippen molar-refractivity contribution in [2.45, 2.75) is 0 Å². The highest BCUT2D eigenvalue weighted by Crippen LogP contribution is 2.53. The fourth-order valence-electron chi connectivity index (χ4n) is 13.6. The zero-order chi connectivity index (χ0) is 46.8. The SMILES string of the molecule is c1ccc(-c2c3ccccc3c(-c3ccc4c5cc6c(cc5n5c7ccccc7c3c45)c3ccc(-c4c5ccccc5c(-c5ccccc5)c5ccccc45)c4c5ccccc5n6c34)c3ccccc23)cc1. The van der Waals surface area contributed by atoms with Crippen molar-refractivity contribution in [3.8, 4) is 44.5 Å². The zero-order valence-corrected chi connectivity index (χ0v) is 39.0. The molecule has 17 aromatic rings. The summed E-state index contributed by atoms with van der Waals surface area (Å²) in [5, 5.41) is 20.4. The highest BCUT2D eigenvalue weighted by molar-refractivity contribution is 6.35. The van der Waals surface area contributed by atoms with Crippen LogP contribution in [0.25, 0.3) is 164 Å². The van der Waals surface area contributed by atoms with Crippen LogP contribution in [-0.2, 0) is 0 Å². The molecule has 4 heterocycles. The maximum absolute atomic E-state index is 2.58. The largest absolute Gasteiger partial charge is 0.308 e. The normalized spacial score (nSPS) is 12.4. The van der Waals surface area contributed by atoms with Crippen molar-refractivity contribution in [1.82, 2.24) is 8.80 Å². The molecule has 330 valence electrons. The van der Waals surface area contributed by atoms with Crippen molar-refractivity contribution < 1.29 is 0 Å². The standard InChI is InChI=1S/C70H40N2/c1-3-19-41(20-4-1)63-43-23-7-11-27-47(43)65(48-28-12-8-24-44(48)63)55-37-35-51-57-39-62-58(40-61(57)71-59-33-17-15-31-53(59)67(55)69(51)71)52-36-38-56(68-54-32-16-18-34-60(54)72(62)70(52)68)66-49-29-13-9-25-45(49)64(42-21-5-2-6-22-42)46-26-10-14-30-50(46)66/h1-40H. The van der Waals surface area contributed by atoms with E-state index in [1.165, 1.54) is 164 Å². The van der Waals surface area contributed by atoms with Crippen molar-refractivity contribution in [3.63, 3.8) is 0 Å². The molecule has 0 N–H and O–H groups in total. The number of rotatable bonds is 4. The van der Waals surface area contributed by atoms with Gasteiger partial charge >= 0.3 is 0 Å². The summed E-state index contributed by atoms with van der Waals surface area (Å²) in [6.45, 7) is 0. The molecular weight excluding hydrogens is 869 g/mol. The van der Waals surface area contributed by atoms with E-state index in [1.807, 2.05) is 0 Å². The predicted octanol–water partition coefficient (Wildman–Crippen LogP) is 19.3. The molecule has 0 radical (unpaired) electrons. The highest BCUT2D eigenvalue weighted by atomic mass is 14.9. The number of benzene rings is 13. The van der Waals surface area contributed by atoms with Crippen molar-refractivity contribution in [2.75, 3.05) is 0 Å². The second-order valence-corrected chi connectivity index (χ2v) is 19.8. The summed E-state index contributed by atoms with van der Waals surface area (Å²) in [7, 11) is 0. The van der Waals surface area contributed by atoms with E-state index in [1.54, 1.807) is 0 Å². The van der Waals surface area contributed by atoms with Gasteiger partial charge in [-0.1, -0.05) is 218 Å². The second kappa shape index (κ2) is 14.1.